The molecule has 122 valence electrons. The Morgan fingerprint density at radius 2 is 2.32 bits per heavy atom. The number of rotatable bonds is 6. The molecule has 7 nitrogen and oxygen atoms in total. The van der Waals surface area contributed by atoms with Crippen LogP contribution in [0.1, 0.15) is 12.8 Å². The molecule has 0 aromatic carbocycles. The number of carbonyl (C=O) groups is 1. The summed E-state index contributed by atoms with van der Waals surface area (Å²) in [6.07, 6.45) is 4.70. The lowest BCUT2D eigenvalue weighted by Gasteiger charge is -2.26. The molecule has 0 radical (unpaired) electrons. The lowest BCUT2D eigenvalue weighted by atomic mass is 10.2. The van der Waals surface area contributed by atoms with Crippen molar-refractivity contribution in [1.82, 2.24) is 19.5 Å². The number of hydrogen-bond acceptors (Lipinski definition) is 5. The van der Waals surface area contributed by atoms with E-state index in [9.17, 15) is 13.2 Å². The van der Waals surface area contributed by atoms with E-state index < -0.39 is 10.0 Å². The summed E-state index contributed by atoms with van der Waals surface area (Å²) in [7, 11) is -0.418. The zero-order valence-electron chi connectivity index (χ0n) is 12.9. The van der Waals surface area contributed by atoms with Gasteiger partial charge in [-0.05, 0) is 32.0 Å². The second kappa shape index (κ2) is 7.17. The van der Waals surface area contributed by atoms with Crippen LogP contribution in [0.25, 0.3) is 0 Å². The molecule has 1 aliphatic rings. The standard InChI is InChI=1S/C14H22N4O3S/c1-15-9-12-5-4-8-18(12)14(19)11-17(2)22(20,21)13-6-3-7-16-10-13/h3,6-7,10,12,15H,4-5,8-9,11H2,1-2H3. The normalized spacial score (nSPS) is 18.9. The van der Waals surface area contributed by atoms with Crippen LogP contribution in [0.2, 0.25) is 0 Å². The third-order valence-electron chi connectivity index (χ3n) is 3.84. The second-order valence-electron chi connectivity index (χ2n) is 5.39. The minimum atomic E-state index is -3.69. The van der Waals surface area contributed by atoms with Gasteiger partial charge >= 0.3 is 0 Å². The molecule has 2 rings (SSSR count). The minimum Gasteiger partial charge on any atom is -0.337 e. The number of nitrogens with zero attached hydrogens (tertiary/aromatic N) is 3. The smallest absolute Gasteiger partial charge is 0.244 e. The molecule has 1 unspecified atom stereocenters. The van der Waals surface area contributed by atoms with Gasteiger partial charge in [-0.3, -0.25) is 9.78 Å². The van der Waals surface area contributed by atoms with Gasteiger partial charge in [-0.15, -0.1) is 0 Å². The van der Waals surface area contributed by atoms with Gasteiger partial charge in [0.15, 0.2) is 0 Å². The maximum absolute atomic E-state index is 12.4. The topological polar surface area (TPSA) is 82.6 Å². The van der Waals surface area contributed by atoms with Crippen LogP contribution in [-0.4, -0.2) is 68.3 Å². The lowest BCUT2D eigenvalue weighted by molar-refractivity contribution is -0.131. The Bertz CT molecular complexity index is 606. The highest BCUT2D eigenvalue weighted by Gasteiger charge is 2.31. The summed E-state index contributed by atoms with van der Waals surface area (Å²) in [5.41, 5.74) is 0. The number of likely N-dealkylation sites (tertiary alicyclic amines) is 1. The number of carbonyl (C=O) groups excluding carboxylic acids is 1. The third kappa shape index (κ3) is 3.63. The first-order valence-corrected chi connectivity index (χ1v) is 8.71. The Kier molecular flexibility index (Phi) is 5.49. The van der Waals surface area contributed by atoms with Crippen LogP contribution >= 0.6 is 0 Å². The van der Waals surface area contributed by atoms with Crippen molar-refractivity contribution in [2.75, 3.05) is 33.7 Å². The average Bonchev–Trinajstić information content (AvgIpc) is 2.97. The second-order valence-corrected chi connectivity index (χ2v) is 7.44. The van der Waals surface area contributed by atoms with Crippen LogP contribution in [0.4, 0.5) is 0 Å². The first kappa shape index (κ1) is 16.9. The van der Waals surface area contributed by atoms with Gasteiger partial charge in [0.1, 0.15) is 4.90 Å². The van der Waals surface area contributed by atoms with Crippen LogP contribution in [0, 0.1) is 0 Å². The highest BCUT2D eigenvalue weighted by Crippen LogP contribution is 2.18. The first-order chi connectivity index (χ1) is 10.5. The Morgan fingerprint density at radius 3 is 2.95 bits per heavy atom. The molecule has 1 atom stereocenters. The van der Waals surface area contributed by atoms with Gasteiger partial charge < -0.3 is 10.2 Å². The summed E-state index contributed by atoms with van der Waals surface area (Å²) in [5, 5.41) is 3.07. The van der Waals surface area contributed by atoms with Crippen molar-refractivity contribution >= 4 is 15.9 Å². The van der Waals surface area contributed by atoms with Crippen molar-refractivity contribution in [3.8, 4) is 0 Å². The van der Waals surface area contributed by atoms with Crippen LogP contribution in [0.15, 0.2) is 29.4 Å². The van der Waals surface area contributed by atoms with Gasteiger partial charge in [0.05, 0.1) is 6.54 Å². The summed E-state index contributed by atoms with van der Waals surface area (Å²) >= 11 is 0. The van der Waals surface area contributed by atoms with E-state index in [2.05, 4.69) is 10.3 Å². The van der Waals surface area contributed by atoms with Gasteiger partial charge in [0.25, 0.3) is 0 Å². The number of pyridine rings is 1. The van der Waals surface area contributed by atoms with E-state index in [1.807, 2.05) is 7.05 Å². The highest BCUT2D eigenvalue weighted by atomic mass is 32.2. The lowest BCUT2D eigenvalue weighted by Crippen LogP contribution is -2.46. The number of sulfonamides is 1. The van der Waals surface area contributed by atoms with Crippen LogP contribution in [0.5, 0.6) is 0 Å². The quantitative estimate of drug-likeness (QED) is 0.790. The van der Waals surface area contributed by atoms with Crippen molar-refractivity contribution in [1.29, 1.82) is 0 Å². The highest BCUT2D eigenvalue weighted by molar-refractivity contribution is 7.89. The first-order valence-electron chi connectivity index (χ1n) is 7.27. The molecule has 1 aliphatic heterocycles. The van der Waals surface area contributed by atoms with Crippen LogP contribution in [-0.2, 0) is 14.8 Å². The van der Waals surface area contributed by atoms with Crippen molar-refractivity contribution in [2.24, 2.45) is 0 Å². The molecule has 22 heavy (non-hydrogen) atoms. The van der Waals surface area contributed by atoms with Gasteiger partial charge in [-0.25, -0.2) is 8.42 Å². The summed E-state index contributed by atoms with van der Waals surface area (Å²) in [6.45, 7) is 1.26. The van der Waals surface area contributed by atoms with E-state index in [0.717, 1.165) is 23.7 Å². The van der Waals surface area contributed by atoms with E-state index in [1.165, 1.54) is 25.5 Å². The Labute approximate surface area is 131 Å². The molecule has 0 spiro atoms. The van der Waals surface area contributed by atoms with Crippen molar-refractivity contribution in [3.05, 3.63) is 24.5 Å². The Hall–Kier alpha value is -1.51. The van der Waals surface area contributed by atoms with Crippen molar-refractivity contribution in [3.63, 3.8) is 0 Å². The van der Waals surface area contributed by atoms with Crippen LogP contribution < -0.4 is 5.32 Å². The SMILES string of the molecule is CNCC1CCCN1C(=O)CN(C)S(=O)(=O)c1cccnc1. The van der Waals surface area contributed by atoms with Crippen molar-refractivity contribution < 1.29 is 13.2 Å². The molecule has 1 saturated heterocycles. The summed E-state index contributed by atoms with van der Waals surface area (Å²) in [4.78, 5) is 18.1. The third-order valence-corrected chi connectivity index (χ3v) is 5.62. The van der Waals surface area contributed by atoms with E-state index in [4.69, 9.17) is 0 Å². The van der Waals surface area contributed by atoms with E-state index in [0.29, 0.717) is 6.54 Å². The molecule has 8 heteroatoms. The largest absolute Gasteiger partial charge is 0.337 e. The molecule has 1 aromatic heterocycles. The Balaban J connectivity index is 2.05. The maximum Gasteiger partial charge on any atom is 0.244 e. The molecular formula is C14H22N4O3S. The van der Waals surface area contributed by atoms with Gasteiger partial charge in [0.2, 0.25) is 15.9 Å². The molecule has 2 heterocycles. The molecule has 1 fully saturated rings. The zero-order chi connectivity index (χ0) is 16.2. The fourth-order valence-electron chi connectivity index (χ4n) is 2.66. The van der Waals surface area contributed by atoms with Gasteiger partial charge in [-0.1, -0.05) is 0 Å². The summed E-state index contributed by atoms with van der Waals surface area (Å²) < 4.78 is 25.9. The fourth-order valence-corrected chi connectivity index (χ4v) is 3.74. The van der Waals surface area contributed by atoms with E-state index in [1.54, 1.807) is 11.0 Å². The molecule has 1 N–H and O–H groups in total. The molecule has 1 amide bonds. The van der Waals surface area contributed by atoms with Gasteiger partial charge in [-0.2, -0.15) is 4.31 Å². The maximum atomic E-state index is 12.4. The minimum absolute atomic E-state index is 0.0958. The Morgan fingerprint density at radius 1 is 1.55 bits per heavy atom. The number of likely N-dealkylation sites (N-methyl/N-ethyl adjacent to an activating group) is 2. The zero-order valence-corrected chi connectivity index (χ0v) is 13.7. The van der Waals surface area contributed by atoms with Crippen LogP contribution in [0.3, 0.4) is 0 Å². The number of nitrogens with one attached hydrogen (secondary N) is 1. The molecule has 0 saturated carbocycles. The molecule has 0 bridgehead atoms. The monoisotopic (exact) mass is 326 g/mol. The predicted molar refractivity (Wildman–Crippen MR) is 82.7 cm³/mol. The van der Waals surface area contributed by atoms with Gasteiger partial charge in [0, 0.05) is 38.6 Å². The predicted octanol–water partition coefficient (Wildman–Crippen LogP) is -0.0875. The van der Waals surface area contributed by atoms with E-state index in [-0.39, 0.29) is 23.4 Å². The van der Waals surface area contributed by atoms with E-state index >= 15 is 0 Å². The molecular weight excluding hydrogens is 304 g/mol. The summed E-state index contributed by atoms with van der Waals surface area (Å²) in [6, 6.07) is 3.18. The van der Waals surface area contributed by atoms with Crippen molar-refractivity contribution in [2.45, 2.75) is 23.8 Å². The fraction of sp³-hybridized carbons (Fsp3) is 0.571. The average molecular weight is 326 g/mol. The molecule has 0 aliphatic carbocycles. The number of aromatic nitrogens is 1. The number of hydrogen-bond donors (Lipinski definition) is 1. The summed E-state index contributed by atoms with van der Waals surface area (Å²) in [5.74, 6) is -0.160. The number of amides is 1. The molecule has 1 aromatic rings.